The van der Waals surface area contributed by atoms with E-state index >= 15 is 0 Å². The normalized spacial score (nSPS) is 13.2. The van der Waals surface area contributed by atoms with E-state index in [0.717, 1.165) is 0 Å². The molecule has 1 heterocycles. The van der Waals surface area contributed by atoms with Gasteiger partial charge in [0.25, 0.3) is 10.0 Å². The topological polar surface area (TPSA) is 83.1 Å². The van der Waals surface area contributed by atoms with Crippen molar-refractivity contribution in [3.8, 4) is 23.0 Å². The number of fused-ring (bicyclic) bond motifs is 1. The highest BCUT2D eigenvalue weighted by molar-refractivity contribution is 7.92. The summed E-state index contributed by atoms with van der Waals surface area (Å²) in [7, 11) is -0.806. The zero-order valence-electron chi connectivity index (χ0n) is 13.2. The third kappa shape index (κ3) is 3.33. The van der Waals surface area contributed by atoms with Crippen LogP contribution in [-0.2, 0) is 10.0 Å². The lowest BCUT2D eigenvalue weighted by molar-refractivity contribution is 0.171. The molecule has 0 spiro atoms. The highest BCUT2D eigenvalue weighted by Gasteiger charge is 2.20. The second-order valence-corrected chi connectivity index (χ2v) is 6.69. The molecule has 1 aliphatic heterocycles. The van der Waals surface area contributed by atoms with Crippen molar-refractivity contribution in [2.24, 2.45) is 0 Å². The van der Waals surface area contributed by atoms with Gasteiger partial charge in [-0.25, -0.2) is 8.42 Å². The molecule has 0 fully saturated rings. The lowest BCUT2D eigenvalue weighted by atomic mass is 10.3. The van der Waals surface area contributed by atoms with Gasteiger partial charge in [-0.2, -0.15) is 0 Å². The SMILES string of the molecule is COc1cc(NS(=O)(=O)c2ccc3c(c2)OCCO3)cc(OC)c1. The Balaban J connectivity index is 1.91. The largest absolute Gasteiger partial charge is 0.497 e. The Kier molecular flexibility index (Phi) is 4.39. The van der Waals surface area contributed by atoms with E-state index in [4.69, 9.17) is 18.9 Å². The predicted octanol–water partition coefficient (Wildman–Crippen LogP) is 2.28. The van der Waals surface area contributed by atoms with Gasteiger partial charge in [0.1, 0.15) is 24.7 Å². The van der Waals surface area contributed by atoms with Crippen molar-refractivity contribution in [2.45, 2.75) is 4.90 Å². The van der Waals surface area contributed by atoms with Gasteiger partial charge in [-0.15, -0.1) is 0 Å². The monoisotopic (exact) mass is 351 g/mol. The third-order valence-electron chi connectivity index (χ3n) is 3.43. The van der Waals surface area contributed by atoms with E-state index in [0.29, 0.717) is 41.9 Å². The molecule has 0 aliphatic carbocycles. The molecule has 7 nitrogen and oxygen atoms in total. The molecule has 1 aliphatic rings. The minimum absolute atomic E-state index is 0.0773. The van der Waals surface area contributed by atoms with Gasteiger partial charge in [-0.3, -0.25) is 4.72 Å². The van der Waals surface area contributed by atoms with Crippen molar-refractivity contribution < 1.29 is 27.4 Å². The number of benzene rings is 2. The summed E-state index contributed by atoms with van der Waals surface area (Å²) in [5.41, 5.74) is 0.334. The average Bonchev–Trinajstić information content (AvgIpc) is 2.60. The number of methoxy groups -OCH3 is 2. The average molecular weight is 351 g/mol. The minimum Gasteiger partial charge on any atom is -0.497 e. The van der Waals surface area contributed by atoms with Crippen LogP contribution in [0.1, 0.15) is 0 Å². The van der Waals surface area contributed by atoms with Crippen LogP contribution < -0.4 is 23.7 Å². The molecule has 24 heavy (non-hydrogen) atoms. The summed E-state index contributed by atoms with van der Waals surface area (Å²) in [5, 5.41) is 0. The first-order chi connectivity index (χ1) is 11.5. The Morgan fingerprint density at radius 2 is 1.54 bits per heavy atom. The molecule has 0 saturated carbocycles. The number of anilines is 1. The van der Waals surface area contributed by atoms with Crippen molar-refractivity contribution in [2.75, 3.05) is 32.2 Å². The van der Waals surface area contributed by atoms with Crippen LogP contribution in [0.2, 0.25) is 0 Å². The van der Waals surface area contributed by atoms with Crippen LogP contribution in [0.25, 0.3) is 0 Å². The van der Waals surface area contributed by atoms with Gasteiger partial charge in [0.2, 0.25) is 0 Å². The summed E-state index contributed by atoms with van der Waals surface area (Å²) in [5.74, 6) is 1.90. The molecule has 2 aromatic carbocycles. The van der Waals surface area contributed by atoms with Crippen molar-refractivity contribution in [1.29, 1.82) is 0 Å². The summed E-state index contributed by atoms with van der Waals surface area (Å²) in [6.45, 7) is 0.831. The Hall–Kier alpha value is -2.61. The lowest BCUT2D eigenvalue weighted by Crippen LogP contribution is -2.17. The summed E-state index contributed by atoms with van der Waals surface area (Å²) in [6, 6.07) is 9.27. The van der Waals surface area contributed by atoms with Gasteiger partial charge in [0, 0.05) is 24.3 Å². The van der Waals surface area contributed by atoms with Gasteiger partial charge in [0.05, 0.1) is 24.8 Å². The minimum atomic E-state index is -3.79. The van der Waals surface area contributed by atoms with Crippen LogP contribution in [0.15, 0.2) is 41.3 Å². The van der Waals surface area contributed by atoms with Crippen LogP contribution in [0.3, 0.4) is 0 Å². The molecule has 128 valence electrons. The first-order valence-electron chi connectivity index (χ1n) is 7.17. The van der Waals surface area contributed by atoms with Gasteiger partial charge >= 0.3 is 0 Å². The first kappa shape index (κ1) is 16.3. The zero-order valence-corrected chi connectivity index (χ0v) is 14.1. The number of rotatable bonds is 5. The van der Waals surface area contributed by atoms with Crippen LogP contribution in [0, 0.1) is 0 Å². The molecule has 0 saturated heterocycles. The summed E-state index contributed by atoms with van der Waals surface area (Å²) >= 11 is 0. The fourth-order valence-electron chi connectivity index (χ4n) is 2.27. The second-order valence-electron chi connectivity index (χ2n) is 5.01. The molecular weight excluding hydrogens is 334 g/mol. The maximum absolute atomic E-state index is 12.6. The number of ether oxygens (including phenoxy) is 4. The van der Waals surface area contributed by atoms with Crippen molar-refractivity contribution in [3.05, 3.63) is 36.4 Å². The third-order valence-corrected chi connectivity index (χ3v) is 4.81. The molecule has 2 aromatic rings. The van der Waals surface area contributed by atoms with E-state index in [1.807, 2.05) is 0 Å². The first-order valence-corrected chi connectivity index (χ1v) is 8.66. The zero-order chi connectivity index (χ0) is 17.2. The number of hydrogen-bond donors (Lipinski definition) is 1. The quantitative estimate of drug-likeness (QED) is 0.890. The second kappa shape index (κ2) is 6.48. The van der Waals surface area contributed by atoms with E-state index in [-0.39, 0.29) is 4.90 Å². The van der Waals surface area contributed by atoms with E-state index in [2.05, 4.69) is 4.72 Å². The molecule has 0 atom stereocenters. The van der Waals surface area contributed by atoms with Gasteiger partial charge in [-0.05, 0) is 12.1 Å². The van der Waals surface area contributed by atoms with Crippen LogP contribution in [0.5, 0.6) is 23.0 Å². The summed E-state index contributed by atoms with van der Waals surface area (Å²) in [4.78, 5) is 0.0773. The standard InChI is InChI=1S/C16H17NO6S/c1-20-12-7-11(8-13(9-12)21-2)17-24(18,19)14-3-4-15-16(10-14)23-6-5-22-15/h3-4,7-10,17H,5-6H2,1-2H3. The van der Waals surface area contributed by atoms with E-state index in [1.54, 1.807) is 24.3 Å². The van der Waals surface area contributed by atoms with E-state index < -0.39 is 10.0 Å². The predicted molar refractivity (Wildman–Crippen MR) is 87.8 cm³/mol. The Morgan fingerprint density at radius 1 is 0.917 bits per heavy atom. The Labute approximate surface area is 140 Å². The van der Waals surface area contributed by atoms with Crippen molar-refractivity contribution >= 4 is 15.7 Å². The molecule has 8 heteroatoms. The van der Waals surface area contributed by atoms with Crippen LogP contribution in [0.4, 0.5) is 5.69 Å². The van der Waals surface area contributed by atoms with E-state index in [1.165, 1.54) is 26.4 Å². The van der Waals surface area contributed by atoms with Crippen LogP contribution in [-0.4, -0.2) is 35.9 Å². The number of nitrogens with one attached hydrogen (secondary N) is 1. The van der Waals surface area contributed by atoms with Crippen molar-refractivity contribution in [1.82, 2.24) is 0 Å². The summed E-state index contributed by atoms with van der Waals surface area (Å²) in [6.07, 6.45) is 0. The summed E-state index contributed by atoms with van der Waals surface area (Å²) < 4.78 is 48.8. The molecule has 0 aromatic heterocycles. The van der Waals surface area contributed by atoms with Crippen LogP contribution >= 0.6 is 0 Å². The number of sulfonamides is 1. The lowest BCUT2D eigenvalue weighted by Gasteiger charge is -2.19. The molecule has 0 amide bonds. The Bertz CT molecular complexity index is 827. The van der Waals surface area contributed by atoms with Gasteiger partial charge in [0.15, 0.2) is 11.5 Å². The molecule has 0 bridgehead atoms. The Morgan fingerprint density at radius 3 is 2.17 bits per heavy atom. The fourth-order valence-corrected chi connectivity index (χ4v) is 3.33. The maximum Gasteiger partial charge on any atom is 0.262 e. The highest BCUT2D eigenvalue weighted by Crippen LogP contribution is 2.33. The molecule has 0 unspecified atom stereocenters. The molecule has 3 rings (SSSR count). The smallest absolute Gasteiger partial charge is 0.262 e. The van der Waals surface area contributed by atoms with Gasteiger partial charge in [-0.1, -0.05) is 0 Å². The molecule has 0 radical (unpaired) electrons. The maximum atomic E-state index is 12.6. The van der Waals surface area contributed by atoms with E-state index in [9.17, 15) is 8.42 Å². The molecule has 1 N–H and O–H groups in total. The fraction of sp³-hybridized carbons (Fsp3) is 0.250. The molecular formula is C16H17NO6S. The number of hydrogen-bond acceptors (Lipinski definition) is 6. The highest BCUT2D eigenvalue weighted by atomic mass is 32.2. The van der Waals surface area contributed by atoms with Gasteiger partial charge < -0.3 is 18.9 Å². The van der Waals surface area contributed by atoms with Crippen molar-refractivity contribution in [3.63, 3.8) is 0 Å².